The van der Waals surface area contributed by atoms with E-state index in [1.165, 1.54) is 5.56 Å². The lowest BCUT2D eigenvalue weighted by Crippen LogP contribution is -2.50. The number of halogens is 2. The number of benzene rings is 1. The first-order valence-electron chi connectivity index (χ1n) is 7.04. The summed E-state index contributed by atoms with van der Waals surface area (Å²) in [6.07, 6.45) is 2.29. The van der Waals surface area contributed by atoms with Gasteiger partial charge < -0.3 is 15.4 Å². The summed E-state index contributed by atoms with van der Waals surface area (Å²) >= 11 is 6.07. The number of ether oxygens (including phenoxy) is 1. The Kier molecular flexibility index (Phi) is 5.15. The standard InChI is InChI=1S/C15H19ClN2O2.ClH/c16-12-2-1-11-3-6-18(13(11)9-12)14(19)15(10-17)4-7-20-8-5-15;/h1-2,9H,3-8,10,17H2;1H. The minimum Gasteiger partial charge on any atom is -0.381 e. The largest absolute Gasteiger partial charge is 0.381 e. The molecule has 4 nitrogen and oxygen atoms in total. The van der Waals surface area contributed by atoms with Crippen molar-refractivity contribution in [1.82, 2.24) is 0 Å². The van der Waals surface area contributed by atoms with E-state index in [1.807, 2.05) is 23.1 Å². The molecule has 21 heavy (non-hydrogen) atoms. The van der Waals surface area contributed by atoms with Crippen LogP contribution < -0.4 is 10.6 Å². The average molecular weight is 331 g/mol. The van der Waals surface area contributed by atoms with E-state index in [9.17, 15) is 4.79 Å². The number of hydrogen-bond acceptors (Lipinski definition) is 3. The fourth-order valence-corrected chi connectivity index (χ4v) is 3.28. The third kappa shape index (κ3) is 2.90. The molecule has 116 valence electrons. The quantitative estimate of drug-likeness (QED) is 0.905. The number of hydrogen-bond donors (Lipinski definition) is 1. The lowest BCUT2D eigenvalue weighted by molar-refractivity contribution is -0.132. The Bertz CT molecular complexity index is 530. The number of rotatable bonds is 2. The van der Waals surface area contributed by atoms with Crippen molar-refractivity contribution < 1.29 is 9.53 Å². The lowest BCUT2D eigenvalue weighted by Gasteiger charge is -2.37. The zero-order valence-electron chi connectivity index (χ0n) is 11.8. The Morgan fingerprint density at radius 2 is 2.10 bits per heavy atom. The molecule has 0 unspecified atom stereocenters. The monoisotopic (exact) mass is 330 g/mol. The van der Waals surface area contributed by atoms with E-state index in [0.717, 1.165) is 18.7 Å². The normalized spacial score (nSPS) is 19.8. The Morgan fingerprint density at radius 1 is 1.38 bits per heavy atom. The highest BCUT2D eigenvalue weighted by atomic mass is 35.5. The molecule has 3 rings (SSSR count). The van der Waals surface area contributed by atoms with Gasteiger partial charge in [-0.3, -0.25) is 4.79 Å². The summed E-state index contributed by atoms with van der Waals surface area (Å²) in [6.45, 7) is 2.32. The van der Waals surface area contributed by atoms with Crippen LogP contribution in [-0.2, 0) is 16.0 Å². The minimum atomic E-state index is -0.470. The SMILES string of the molecule is Cl.NCC1(C(=O)N2CCc3ccc(Cl)cc32)CCOCC1. The van der Waals surface area contributed by atoms with Crippen molar-refractivity contribution in [1.29, 1.82) is 0 Å². The molecule has 1 amide bonds. The lowest BCUT2D eigenvalue weighted by atomic mass is 9.79. The van der Waals surface area contributed by atoms with Crippen LogP contribution in [0.25, 0.3) is 0 Å². The molecule has 2 N–H and O–H groups in total. The smallest absolute Gasteiger partial charge is 0.234 e. The van der Waals surface area contributed by atoms with Gasteiger partial charge >= 0.3 is 0 Å². The third-order valence-corrected chi connectivity index (χ3v) is 4.72. The highest BCUT2D eigenvalue weighted by Gasteiger charge is 2.43. The molecule has 1 saturated heterocycles. The molecule has 1 aromatic rings. The van der Waals surface area contributed by atoms with E-state index in [-0.39, 0.29) is 18.3 Å². The molecule has 2 heterocycles. The van der Waals surface area contributed by atoms with Crippen molar-refractivity contribution in [2.45, 2.75) is 19.3 Å². The van der Waals surface area contributed by atoms with Gasteiger partial charge in [-0.05, 0) is 37.0 Å². The van der Waals surface area contributed by atoms with Crippen LogP contribution in [0.4, 0.5) is 5.69 Å². The fourth-order valence-electron chi connectivity index (χ4n) is 3.12. The highest BCUT2D eigenvalue weighted by molar-refractivity contribution is 6.31. The first-order chi connectivity index (χ1) is 9.66. The van der Waals surface area contributed by atoms with Crippen molar-refractivity contribution in [2.75, 3.05) is 31.2 Å². The maximum Gasteiger partial charge on any atom is 0.234 e. The van der Waals surface area contributed by atoms with Gasteiger partial charge in [0.05, 0.1) is 5.41 Å². The highest BCUT2D eigenvalue weighted by Crippen LogP contribution is 2.37. The summed E-state index contributed by atoms with van der Waals surface area (Å²) in [5.41, 5.74) is 7.59. The predicted molar refractivity (Wildman–Crippen MR) is 86.3 cm³/mol. The maximum atomic E-state index is 13.0. The van der Waals surface area contributed by atoms with E-state index in [4.69, 9.17) is 22.1 Å². The zero-order valence-corrected chi connectivity index (χ0v) is 13.4. The Morgan fingerprint density at radius 3 is 2.76 bits per heavy atom. The van der Waals surface area contributed by atoms with Gasteiger partial charge in [0.25, 0.3) is 0 Å². The summed E-state index contributed by atoms with van der Waals surface area (Å²) in [7, 11) is 0. The molecule has 0 spiro atoms. The van der Waals surface area contributed by atoms with Crippen molar-refractivity contribution in [3.05, 3.63) is 28.8 Å². The second-order valence-corrected chi connectivity index (χ2v) is 6.01. The first-order valence-corrected chi connectivity index (χ1v) is 7.42. The van der Waals surface area contributed by atoms with Crippen LogP contribution in [0.15, 0.2) is 18.2 Å². The fraction of sp³-hybridized carbons (Fsp3) is 0.533. The van der Waals surface area contributed by atoms with E-state index in [2.05, 4.69) is 0 Å². The number of amides is 1. The maximum absolute atomic E-state index is 13.0. The Labute approximate surface area is 136 Å². The second-order valence-electron chi connectivity index (χ2n) is 5.58. The molecule has 0 radical (unpaired) electrons. The molecule has 0 atom stereocenters. The zero-order chi connectivity index (χ0) is 14.2. The Balaban J connectivity index is 0.00000161. The van der Waals surface area contributed by atoms with Crippen LogP contribution in [0, 0.1) is 5.41 Å². The van der Waals surface area contributed by atoms with Gasteiger partial charge in [0.2, 0.25) is 5.91 Å². The van der Waals surface area contributed by atoms with Crippen molar-refractivity contribution in [3.63, 3.8) is 0 Å². The van der Waals surface area contributed by atoms with Crippen LogP contribution in [-0.4, -0.2) is 32.2 Å². The molecule has 0 aliphatic carbocycles. The van der Waals surface area contributed by atoms with Gasteiger partial charge in [0, 0.05) is 37.0 Å². The summed E-state index contributed by atoms with van der Waals surface area (Å²) in [5, 5.41) is 0.664. The van der Waals surface area contributed by atoms with Gasteiger partial charge in [-0.25, -0.2) is 0 Å². The molecular weight excluding hydrogens is 311 g/mol. The summed E-state index contributed by atoms with van der Waals surface area (Å²) in [5.74, 6) is 0.129. The van der Waals surface area contributed by atoms with Crippen LogP contribution in [0.1, 0.15) is 18.4 Å². The molecule has 0 aromatic heterocycles. The molecular formula is C15H20Cl2N2O2. The summed E-state index contributed by atoms with van der Waals surface area (Å²) in [4.78, 5) is 14.8. The Hall–Kier alpha value is -0.810. The molecule has 0 bridgehead atoms. The summed E-state index contributed by atoms with van der Waals surface area (Å²) in [6, 6.07) is 5.76. The van der Waals surface area contributed by atoms with Gasteiger partial charge in [-0.2, -0.15) is 0 Å². The van der Waals surface area contributed by atoms with E-state index >= 15 is 0 Å². The summed E-state index contributed by atoms with van der Waals surface area (Å²) < 4.78 is 5.38. The molecule has 2 aliphatic rings. The molecule has 1 aromatic carbocycles. The third-order valence-electron chi connectivity index (χ3n) is 4.48. The van der Waals surface area contributed by atoms with Crippen LogP contribution in [0.5, 0.6) is 0 Å². The number of carbonyl (C=O) groups is 1. The minimum absolute atomic E-state index is 0. The van der Waals surface area contributed by atoms with Crippen LogP contribution in [0.2, 0.25) is 5.02 Å². The first kappa shape index (κ1) is 16.6. The molecule has 2 aliphatic heterocycles. The van der Waals surface area contributed by atoms with Crippen LogP contribution >= 0.6 is 24.0 Å². The van der Waals surface area contributed by atoms with Gasteiger partial charge in [-0.15, -0.1) is 12.4 Å². The topological polar surface area (TPSA) is 55.6 Å². The van der Waals surface area contributed by atoms with Crippen molar-refractivity contribution >= 4 is 35.6 Å². The number of nitrogens with two attached hydrogens (primary N) is 1. The molecule has 1 fully saturated rings. The molecule has 0 saturated carbocycles. The van der Waals surface area contributed by atoms with Gasteiger partial charge in [0.15, 0.2) is 0 Å². The van der Waals surface area contributed by atoms with E-state index in [0.29, 0.717) is 37.6 Å². The van der Waals surface area contributed by atoms with Gasteiger partial charge in [0.1, 0.15) is 0 Å². The van der Waals surface area contributed by atoms with E-state index in [1.54, 1.807) is 0 Å². The number of nitrogens with zero attached hydrogens (tertiary/aromatic N) is 1. The van der Waals surface area contributed by atoms with Crippen LogP contribution in [0.3, 0.4) is 0 Å². The number of anilines is 1. The van der Waals surface area contributed by atoms with Gasteiger partial charge in [-0.1, -0.05) is 17.7 Å². The average Bonchev–Trinajstić information content (AvgIpc) is 2.90. The van der Waals surface area contributed by atoms with Crippen molar-refractivity contribution in [3.8, 4) is 0 Å². The number of fused-ring (bicyclic) bond motifs is 1. The number of carbonyl (C=O) groups excluding carboxylic acids is 1. The van der Waals surface area contributed by atoms with E-state index < -0.39 is 5.41 Å². The predicted octanol–water partition coefficient (Wildman–Crippen LogP) is 2.41. The second kappa shape index (κ2) is 6.53. The van der Waals surface area contributed by atoms with Crippen molar-refractivity contribution in [2.24, 2.45) is 11.1 Å². The molecule has 6 heteroatoms.